The lowest BCUT2D eigenvalue weighted by molar-refractivity contribution is -0.154. The minimum Gasteiger partial charge on any atom is -0.452 e. The second-order valence-corrected chi connectivity index (χ2v) is 8.14. The Bertz CT molecular complexity index is 1320. The molecule has 10 heteroatoms. The lowest BCUT2D eigenvalue weighted by Gasteiger charge is -2.13. The molecule has 1 aliphatic carbocycles. The normalized spacial score (nSPS) is 17.6. The molecule has 3 aromatic rings. The molecule has 174 valence electrons. The van der Waals surface area contributed by atoms with E-state index < -0.39 is 30.3 Å². The minimum atomic E-state index is -1.23. The van der Waals surface area contributed by atoms with Gasteiger partial charge in [0.15, 0.2) is 0 Å². The molecule has 9 nitrogen and oxygen atoms in total. The zero-order valence-electron chi connectivity index (χ0n) is 18.6. The SMILES string of the molecule is CCC[C@@H](O)c1cc(C)c(-c2cc3cnc(NC(=O)C(=O)O[C@@H]4C[C@H]4F)cc3nc2C#N)cn1. The van der Waals surface area contributed by atoms with Crippen molar-refractivity contribution >= 4 is 28.6 Å². The molecular formula is C24H22FN5O4. The fraction of sp³-hybridized carbons (Fsp3) is 0.333. The maximum Gasteiger partial charge on any atom is 0.397 e. The summed E-state index contributed by atoms with van der Waals surface area (Å²) in [6, 6.07) is 7.04. The van der Waals surface area contributed by atoms with Gasteiger partial charge in [-0.2, -0.15) is 5.26 Å². The van der Waals surface area contributed by atoms with E-state index in [4.69, 9.17) is 4.74 Å². The molecule has 0 unspecified atom stereocenters. The first-order chi connectivity index (χ1) is 16.3. The Kier molecular flexibility index (Phi) is 6.47. The van der Waals surface area contributed by atoms with Gasteiger partial charge in [0.2, 0.25) is 0 Å². The van der Waals surface area contributed by atoms with Crippen LogP contribution < -0.4 is 5.32 Å². The molecule has 3 aromatic heterocycles. The number of aromatic nitrogens is 3. The molecule has 1 amide bonds. The molecule has 0 aromatic carbocycles. The first kappa shape index (κ1) is 23.2. The Morgan fingerprint density at radius 2 is 2.06 bits per heavy atom. The predicted molar refractivity (Wildman–Crippen MR) is 120 cm³/mol. The lowest BCUT2D eigenvalue weighted by atomic mass is 9.98. The molecular weight excluding hydrogens is 441 g/mol. The van der Waals surface area contributed by atoms with Gasteiger partial charge in [-0.3, -0.25) is 9.78 Å². The van der Waals surface area contributed by atoms with E-state index in [9.17, 15) is 24.3 Å². The number of halogens is 1. The van der Waals surface area contributed by atoms with Crippen LogP contribution in [0.1, 0.15) is 49.2 Å². The van der Waals surface area contributed by atoms with Gasteiger partial charge in [0.1, 0.15) is 29.9 Å². The quantitative estimate of drug-likeness (QED) is 0.419. The van der Waals surface area contributed by atoms with Gasteiger partial charge >= 0.3 is 11.9 Å². The third-order valence-electron chi connectivity index (χ3n) is 5.47. The van der Waals surface area contributed by atoms with Crippen molar-refractivity contribution in [1.29, 1.82) is 5.26 Å². The summed E-state index contributed by atoms with van der Waals surface area (Å²) in [6.07, 6.45) is 1.83. The smallest absolute Gasteiger partial charge is 0.397 e. The summed E-state index contributed by atoms with van der Waals surface area (Å²) in [7, 11) is 0. The van der Waals surface area contributed by atoms with Crippen molar-refractivity contribution in [2.75, 3.05) is 5.32 Å². The molecule has 0 aliphatic heterocycles. The van der Waals surface area contributed by atoms with E-state index in [1.165, 1.54) is 12.3 Å². The van der Waals surface area contributed by atoms with Gasteiger partial charge in [-0.1, -0.05) is 13.3 Å². The van der Waals surface area contributed by atoms with Gasteiger partial charge in [0.05, 0.1) is 17.3 Å². The van der Waals surface area contributed by atoms with E-state index in [0.717, 1.165) is 12.0 Å². The molecule has 0 radical (unpaired) electrons. The number of pyridine rings is 3. The van der Waals surface area contributed by atoms with E-state index in [1.54, 1.807) is 18.3 Å². The molecule has 2 N–H and O–H groups in total. The Morgan fingerprint density at radius 3 is 2.71 bits per heavy atom. The second-order valence-electron chi connectivity index (χ2n) is 8.14. The number of nitrogens with zero attached hydrogens (tertiary/aromatic N) is 4. The molecule has 1 saturated carbocycles. The van der Waals surface area contributed by atoms with Gasteiger partial charge < -0.3 is 15.2 Å². The zero-order valence-corrected chi connectivity index (χ0v) is 18.6. The summed E-state index contributed by atoms with van der Waals surface area (Å²) >= 11 is 0. The van der Waals surface area contributed by atoms with E-state index >= 15 is 0 Å². The Balaban J connectivity index is 1.60. The van der Waals surface area contributed by atoms with Crippen LogP contribution in [0.25, 0.3) is 22.0 Å². The number of alkyl halides is 1. The highest BCUT2D eigenvalue weighted by molar-refractivity contribution is 6.37. The first-order valence-corrected chi connectivity index (χ1v) is 10.8. The summed E-state index contributed by atoms with van der Waals surface area (Å²) in [5.74, 6) is -2.23. The van der Waals surface area contributed by atoms with Crippen molar-refractivity contribution < 1.29 is 23.8 Å². The van der Waals surface area contributed by atoms with Crippen molar-refractivity contribution in [3.8, 4) is 17.2 Å². The van der Waals surface area contributed by atoms with Gasteiger partial charge in [0.25, 0.3) is 0 Å². The minimum absolute atomic E-state index is 0.0401. The number of ether oxygens (including phenoxy) is 1. The largest absolute Gasteiger partial charge is 0.452 e. The number of nitrogens with one attached hydrogen (secondary N) is 1. The summed E-state index contributed by atoms with van der Waals surface area (Å²) < 4.78 is 17.6. The van der Waals surface area contributed by atoms with Crippen LogP contribution in [0.5, 0.6) is 0 Å². The molecule has 3 atom stereocenters. The Morgan fingerprint density at radius 1 is 1.29 bits per heavy atom. The number of nitriles is 1. The number of anilines is 1. The number of aryl methyl sites for hydroxylation is 1. The first-order valence-electron chi connectivity index (χ1n) is 10.8. The third-order valence-corrected chi connectivity index (χ3v) is 5.47. The van der Waals surface area contributed by atoms with Crippen LogP contribution in [0.3, 0.4) is 0 Å². The number of rotatable bonds is 6. The van der Waals surface area contributed by atoms with E-state index in [0.29, 0.717) is 34.1 Å². The number of esters is 1. The molecule has 34 heavy (non-hydrogen) atoms. The van der Waals surface area contributed by atoms with E-state index in [1.807, 2.05) is 13.8 Å². The van der Waals surface area contributed by atoms with E-state index in [2.05, 4.69) is 26.3 Å². The number of hydrogen-bond donors (Lipinski definition) is 2. The van der Waals surface area contributed by atoms with Crippen LogP contribution in [-0.4, -0.2) is 44.2 Å². The van der Waals surface area contributed by atoms with Crippen LogP contribution in [0.2, 0.25) is 0 Å². The molecule has 0 saturated heterocycles. The zero-order chi connectivity index (χ0) is 24.4. The third kappa shape index (κ3) is 4.84. The molecule has 1 fully saturated rings. The maximum absolute atomic E-state index is 12.9. The van der Waals surface area contributed by atoms with Crippen LogP contribution in [-0.2, 0) is 14.3 Å². The number of aliphatic hydroxyl groups is 1. The number of amides is 1. The number of carbonyl (C=O) groups is 2. The predicted octanol–water partition coefficient (Wildman–Crippen LogP) is 3.30. The number of aliphatic hydroxyl groups excluding tert-OH is 1. The van der Waals surface area contributed by atoms with Crippen molar-refractivity contribution in [1.82, 2.24) is 15.0 Å². The van der Waals surface area contributed by atoms with Crippen molar-refractivity contribution in [3.63, 3.8) is 0 Å². The second kappa shape index (κ2) is 9.49. The van der Waals surface area contributed by atoms with E-state index in [-0.39, 0.29) is 17.9 Å². The highest BCUT2D eigenvalue weighted by atomic mass is 19.1. The highest BCUT2D eigenvalue weighted by Gasteiger charge is 2.42. The lowest BCUT2D eigenvalue weighted by Crippen LogP contribution is -2.26. The van der Waals surface area contributed by atoms with Crippen LogP contribution in [0.4, 0.5) is 10.2 Å². The number of carbonyl (C=O) groups excluding carboxylic acids is 2. The summed E-state index contributed by atoms with van der Waals surface area (Å²) in [6.45, 7) is 3.85. The maximum atomic E-state index is 12.9. The number of hydrogen-bond acceptors (Lipinski definition) is 8. The molecule has 0 bridgehead atoms. The van der Waals surface area contributed by atoms with Gasteiger partial charge in [-0.25, -0.2) is 19.2 Å². The fourth-order valence-corrected chi connectivity index (χ4v) is 3.51. The summed E-state index contributed by atoms with van der Waals surface area (Å²) in [4.78, 5) is 36.6. The molecule has 0 spiro atoms. The highest BCUT2D eigenvalue weighted by Crippen LogP contribution is 2.31. The van der Waals surface area contributed by atoms with Gasteiger partial charge in [0, 0.05) is 41.4 Å². The molecule has 1 aliphatic rings. The molecule has 4 rings (SSSR count). The van der Waals surface area contributed by atoms with Crippen LogP contribution >= 0.6 is 0 Å². The molecule has 3 heterocycles. The van der Waals surface area contributed by atoms with Crippen LogP contribution in [0, 0.1) is 18.3 Å². The Labute approximate surface area is 194 Å². The van der Waals surface area contributed by atoms with Crippen molar-refractivity contribution in [2.24, 2.45) is 0 Å². The monoisotopic (exact) mass is 463 g/mol. The van der Waals surface area contributed by atoms with Crippen molar-refractivity contribution in [3.05, 3.63) is 47.5 Å². The summed E-state index contributed by atoms with van der Waals surface area (Å²) in [5.41, 5.74) is 3.18. The average Bonchev–Trinajstić information content (AvgIpc) is 3.52. The summed E-state index contributed by atoms with van der Waals surface area (Å²) in [5, 5.41) is 22.8. The fourth-order valence-electron chi connectivity index (χ4n) is 3.51. The van der Waals surface area contributed by atoms with Crippen LogP contribution in [0.15, 0.2) is 30.6 Å². The standard InChI is InChI=1S/C24H22FN5O4/c1-3-4-20(31)18-5-12(2)15(11-27-18)14-6-13-10-28-22(8-17(13)29-19(14)9-26)30-23(32)24(33)34-21-7-16(21)25/h5-6,8,10-11,16,20-21,31H,3-4,7H2,1-2H3,(H,28,30,32)/t16-,20-,21-/m1/s1. The van der Waals surface area contributed by atoms with Gasteiger partial charge in [-0.05, 0) is 31.0 Å². The Hall–Kier alpha value is -3.97. The topological polar surface area (TPSA) is 138 Å². The average molecular weight is 463 g/mol. The van der Waals surface area contributed by atoms with Crippen molar-refractivity contribution in [2.45, 2.75) is 51.5 Å². The van der Waals surface area contributed by atoms with Gasteiger partial charge in [-0.15, -0.1) is 0 Å². The number of fused-ring (bicyclic) bond motifs is 1.